The highest BCUT2D eigenvalue weighted by molar-refractivity contribution is 5.67. The Labute approximate surface area is 106 Å². The van der Waals surface area contributed by atoms with Gasteiger partial charge in [0.25, 0.3) is 0 Å². The van der Waals surface area contributed by atoms with Crippen molar-refractivity contribution in [2.24, 2.45) is 0 Å². The number of nitriles is 1. The summed E-state index contributed by atoms with van der Waals surface area (Å²) >= 11 is 0. The van der Waals surface area contributed by atoms with E-state index in [-0.39, 0.29) is 0 Å². The van der Waals surface area contributed by atoms with Crippen molar-refractivity contribution < 1.29 is 0 Å². The molecule has 18 heavy (non-hydrogen) atoms. The molecule has 4 heteroatoms. The molecular formula is C14H14N4. The predicted octanol–water partition coefficient (Wildman–Crippen LogP) is 3.13. The smallest absolute Gasteiger partial charge is 0.127 e. The molecule has 0 bridgehead atoms. The highest BCUT2D eigenvalue weighted by Crippen LogP contribution is 2.21. The van der Waals surface area contributed by atoms with Crippen LogP contribution in [0.15, 0.2) is 42.6 Å². The summed E-state index contributed by atoms with van der Waals surface area (Å²) in [5.41, 5.74) is 2.33. The molecule has 0 atom stereocenters. The number of anilines is 3. The third kappa shape index (κ3) is 2.77. The first-order valence-electron chi connectivity index (χ1n) is 5.79. The zero-order chi connectivity index (χ0) is 12.8. The van der Waals surface area contributed by atoms with Crippen LogP contribution in [0, 0.1) is 11.3 Å². The summed E-state index contributed by atoms with van der Waals surface area (Å²) in [4.78, 5) is 4.20. The number of para-hydroxylation sites is 1. The molecule has 2 N–H and O–H groups in total. The van der Waals surface area contributed by atoms with Crippen molar-refractivity contribution in [2.45, 2.75) is 6.92 Å². The summed E-state index contributed by atoms with van der Waals surface area (Å²) < 4.78 is 0. The molecule has 1 aromatic carbocycles. The molecule has 0 fully saturated rings. The molecule has 0 saturated carbocycles. The van der Waals surface area contributed by atoms with E-state index in [0.29, 0.717) is 5.56 Å². The van der Waals surface area contributed by atoms with Crippen molar-refractivity contribution in [1.82, 2.24) is 4.98 Å². The first-order valence-corrected chi connectivity index (χ1v) is 5.79. The van der Waals surface area contributed by atoms with Crippen molar-refractivity contribution in [2.75, 3.05) is 17.2 Å². The molecule has 0 radical (unpaired) electrons. The van der Waals surface area contributed by atoms with E-state index >= 15 is 0 Å². The van der Waals surface area contributed by atoms with Crippen LogP contribution >= 0.6 is 0 Å². The number of nitrogens with zero attached hydrogens (tertiary/aromatic N) is 2. The summed E-state index contributed by atoms with van der Waals surface area (Å²) in [6.07, 6.45) is 1.73. The Morgan fingerprint density at radius 1 is 1.28 bits per heavy atom. The molecule has 0 unspecified atom stereocenters. The van der Waals surface area contributed by atoms with E-state index < -0.39 is 0 Å². The Morgan fingerprint density at radius 3 is 2.89 bits per heavy atom. The van der Waals surface area contributed by atoms with Crippen LogP contribution in [0.5, 0.6) is 0 Å². The second kappa shape index (κ2) is 5.69. The summed E-state index contributed by atoms with van der Waals surface area (Å²) in [5.74, 6) is 0.817. The molecule has 4 nitrogen and oxygen atoms in total. The third-order valence-electron chi connectivity index (χ3n) is 2.44. The van der Waals surface area contributed by atoms with Gasteiger partial charge in [-0.3, -0.25) is 0 Å². The van der Waals surface area contributed by atoms with Gasteiger partial charge in [-0.1, -0.05) is 12.1 Å². The van der Waals surface area contributed by atoms with Gasteiger partial charge < -0.3 is 10.6 Å². The van der Waals surface area contributed by atoms with Crippen LogP contribution in [0.3, 0.4) is 0 Å². The van der Waals surface area contributed by atoms with Crippen LogP contribution in [0.4, 0.5) is 17.2 Å². The first-order chi connectivity index (χ1) is 8.83. The van der Waals surface area contributed by atoms with E-state index in [4.69, 9.17) is 5.26 Å². The van der Waals surface area contributed by atoms with E-state index in [1.165, 1.54) is 0 Å². The lowest BCUT2D eigenvalue weighted by Crippen LogP contribution is -2.00. The van der Waals surface area contributed by atoms with Crippen molar-refractivity contribution in [3.63, 3.8) is 0 Å². The Bertz CT molecular complexity index is 572. The average molecular weight is 238 g/mol. The molecule has 0 spiro atoms. The molecule has 0 saturated heterocycles. The molecule has 0 amide bonds. The number of hydrogen-bond donors (Lipinski definition) is 2. The molecule has 2 rings (SSSR count). The van der Waals surface area contributed by atoms with Crippen molar-refractivity contribution in [3.05, 3.63) is 48.2 Å². The average Bonchev–Trinajstić information content (AvgIpc) is 2.40. The highest BCUT2D eigenvalue weighted by Gasteiger charge is 2.01. The second-order valence-electron chi connectivity index (χ2n) is 3.74. The lowest BCUT2D eigenvalue weighted by molar-refractivity contribution is 1.16. The number of pyridine rings is 1. The van der Waals surface area contributed by atoms with Gasteiger partial charge in [0.15, 0.2) is 0 Å². The zero-order valence-electron chi connectivity index (χ0n) is 10.1. The fourth-order valence-corrected chi connectivity index (χ4v) is 1.63. The highest BCUT2D eigenvalue weighted by atomic mass is 15.0. The first kappa shape index (κ1) is 11.9. The minimum Gasteiger partial charge on any atom is -0.370 e. The number of rotatable bonds is 4. The summed E-state index contributed by atoms with van der Waals surface area (Å²) in [5, 5.41) is 15.4. The number of hydrogen-bond acceptors (Lipinski definition) is 4. The summed E-state index contributed by atoms with van der Waals surface area (Å²) in [7, 11) is 0. The van der Waals surface area contributed by atoms with E-state index in [2.05, 4.69) is 21.7 Å². The normalized spacial score (nSPS) is 9.56. The van der Waals surface area contributed by atoms with E-state index in [9.17, 15) is 0 Å². The maximum Gasteiger partial charge on any atom is 0.127 e. The van der Waals surface area contributed by atoms with E-state index in [0.717, 1.165) is 23.7 Å². The Morgan fingerprint density at radius 2 is 2.11 bits per heavy atom. The fraction of sp³-hybridized carbons (Fsp3) is 0.143. The Hall–Kier alpha value is -2.54. The summed E-state index contributed by atoms with van der Waals surface area (Å²) in [6, 6.07) is 13.4. The SMILES string of the molecule is CCNc1cc(Nc2ccccc2C#N)ccn1. The number of benzene rings is 1. The van der Waals surface area contributed by atoms with Crippen molar-refractivity contribution >= 4 is 17.2 Å². The molecular weight excluding hydrogens is 224 g/mol. The van der Waals surface area contributed by atoms with Crippen LogP contribution in [0.1, 0.15) is 12.5 Å². The maximum absolute atomic E-state index is 9.02. The lowest BCUT2D eigenvalue weighted by Gasteiger charge is -2.09. The van der Waals surface area contributed by atoms with Gasteiger partial charge in [-0.2, -0.15) is 5.26 Å². The van der Waals surface area contributed by atoms with Gasteiger partial charge in [0.1, 0.15) is 11.9 Å². The molecule has 0 aliphatic carbocycles. The van der Waals surface area contributed by atoms with E-state index in [1.807, 2.05) is 37.3 Å². The van der Waals surface area contributed by atoms with Gasteiger partial charge in [-0.15, -0.1) is 0 Å². The van der Waals surface area contributed by atoms with Gasteiger partial charge in [-0.25, -0.2) is 4.98 Å². The van der Waals surface area contributed by atoms with Crippen LogP contribution in [-0.4, -0.2) is 11.5 Å². The minimum atomic E-state index is 0.624. The van der Waals surface area contributed by atoms with Crippen LogP contribution in [0.25, 0.3) is 0 Å². The zero-order valence-corrected chi connectivity index (χ0v) is 10.1. The number of aromatic nitrogens is 1. The number of nitrogens with one attached hydrogen (secondary N) is 2. The topological polar surface area (TPSA) is 60.7 Å². The third-order valence-corrected chi connectivity index (χ3v) is 2.44. The molecule has 1 heterocycles. The van der Waals surface area contributed by atoms with Gasteiger partial charge in [-0.05, 0) is 25.1 Å². The van der Waals surface area contributed by atoms with Crippen LogP contribution in [0.2, 0.25) is 0 Å². The minimum absolute atomic E-state index is 0.624. The molecule has 0 aliphatic rings. The van der Waals surface area contributed by atoms with Crippen molar-refractivity contribution in [1.29, 1.82) is 5.26 Å². The van der Waals surface area contributed by atoms with Gasteiger partial charge in [0.2, 0.25) is 0 Å². The molecule has 2 aromatic rings. The maximum atomic E-state index is 9.02. The predicted molar refractivity (Wildman–Crippen MR) is 72.8 cm³/mol. The van der Waals surface area contributed by atoms with Crippen LogP contribution in [-0.2, 0) is 0 Å². The Balaban J connectivity index is 2.23. The largest absolute Gasteiger partial charge is 0.370 e. The van der Waals surface area contributed by atoms with Crippen molar-refractivity contribution in [3.8, 4) is 6.07 Å². The van der Waals surface area contributed by atoms with E-state index in [1.54, 1.807) is 12.3 Å². The molecule has 90 valence electrons. The molecule has 1 aromatic heterocycles. The standard InChI is InChI=1S/C14H14N4/c1-2-16-14-9-12(7-8-17-14)18-13-6-4-3-5-11(13)10-15/h3-9H,2H2,1H3,(H2,16,17,18). The van der Waals surface area contributed by atoms with Gasteiger partial charge in [0.05, 0.1) is 11.3 Å². The lowest BCUT2D eigenvalue weighted by atomic mass is 10.2. The Kier molecular flexibility index (Phi) is 3.77. The van der Waals surface area contributed by atoms with Gasteiger partial charge >= 0.3 is 0 Å². The monoisotopic (exact) mass is 238 g/mol. The fourth-order valence-electron chi connectivity index (χ4n) is 1.63. The summed E-state index contributed by atoms with van der Waals surface area (Å²) in [6.45, 7) is 2.85. The molecule has 0 aliphatic heterocycles. The second-order valence-corrected chi connectivity index (χ2v) is 3.74. The van der Waals surface area contributed by atoms with Gasteiger partial charge in [0, 0.05) is 24.5 Å². The quantitative estimate of drug-likeness (QED) is 0.859. The van der Waals surface area contributed by atoms with Crippen LogP contribution < -0.4 is 10.6 Å².